The number of fused-ring (bicyclic) bond motifs is 2. The maximum Gasteiger partial charge on any atom is 0.339 e. The first-order valence-corrected chi connectivity index (χ1v) is 13.1. The zero-order chi connectivity index (χ0) is 28.6. The van der Waals surface area contributed by atoms with Crippen LogP contribution in [0.3, 0.4) is 0 Å². The molecule has 4 aromatic rings. The number of rotatable bonds is 6. The zero-order valence-corrected chi connectivity index (χ0v) is 23.2. The molecule has 2 aromatic carbocycles. The van der Waals surface area contributed by atoms with Gasteiger partial charge in [-0.05, 0) is 91.8 Å². The van der Waals surface area contributed by atoms with Crippen LogP contribution in [0.2, 0.25) is 0 Å². The molecule has 0 spiro atoms. The summed E-state index contributed by atoms with van der Waals surface area (Å²) in [5.74, 6) is -0.154. The summed E-state index contributed by atoms with van der Waals surface area (Å²) in [6.45, 7) is 3.57. The van der Waals surface area contributed by atoms with Gasteiger partial charge in [-0.25, -0.2) is 9.78 Å². The molecule has 40 heavy (non-hydrogen) atoms. The van der Waals surface area contributed by atoms with Gasteiger partial charge in [0.1, 0.15) is 5.76 Å². The van der Waals surface area contributed by atoms with Gasteiger partial charge in [-0.2, -0.15) is 0 Å². The Labute approximate surface area is 233 Å². The molecular formula is C32H33N3O5. The Morgan fingerprint density at radius 3 is 2.45 bits per heavy atom. The number of nitrogens with zero attached hydrogens (tertiary/aromatic N) is 2. The van der Waals surface area contributed by atoms with Crippen LogP contribution in [0.25, 0.3) is 22.6 Å². The minimum absolute atomic E-state index is 0.369. The number of pyridine rings is 1. The SMILES string of the molecule is CN(C)C=O.Cc1cc(C)cc(NC(=O)COC(=O)c2c3c(nc4ccccc24)/C(=C\c2ccco2)CCC3)c1. The molecule has 8 heteroatoms. The Kier molecular flexibility index (Phi) is 9.11. The second-order valence-corrected chi connectivity index (χ2v) is 9.94. The quantitative estimate of drug-likeness (QED) is 0.245. The normalized spacial score (nSPS) is 13.2. The standard InChI is InChI=1S/C29H26N2O4.C3H7NO/c1-18-13-19(2)15-21(14-18)30-26(32)17-35-29(33)27-23-9-3-4-11-25(23)31-28-20(7-5-10-24(27)28)16-22-8-6-12-34-22;1-4(2)3-5/h3-4,6,8-9,11-16H,5,7,10,17H2,1-2H3,(H,30,32);3H,1-2H3/b20-16-;. The molecule has 1 aliphatic rings. The first kappa shape index (κ1) is 28.3. The van der Waals surface area contributed by atoms with E-state index >= 15 is 0 Å². The number of carbonyl (C=O) groups is 3. The Morgan fingerprint density at radius 2 is 1.77 bits per heavy atom. The molecule has 0 atom stereocenters. The number of benzene rings is 2. The third kappa shape index (κ3) is 7.02. The van der Waals surface area contributed by atoms with Gasteiger partial charge in [-0.3, -0.25) is 9.59 Å². The van der Waals surface area contributed by atoms with Crippen molar-refractivity contribution in [2.24, 2.45) is 0 Å². The number of anilines is 1. The number of hydrogen-bond donors (Lipinski definition) is 1. The number of nitrogens with one attached hydrogen (secondary N) is 1. The number of amides is 2. The molecule has 5 rings (SSSR count). The first-order valence-electron chi connectivity index (χ1n) is 13.1. The largest absolute Gasteiger partial charge is 0.465 e. The predicted molar refractivity (Wildman–Crippen MR) is 156 cm³/mol. The molecule has 8 nitrogen and oxygen atoms in total. The van der Waals surface area contributed by atoms with Gasteiger partial charge < -0.3 is 19.4 Å². The van der Waals surface area contributed by atoms with E-state index in [-0.39, 0.29) is 12.5 Å². The minimum atomic E-state index is -0.519. The van der Waals surface area contributed by atoms with Gasteiger partial charge in [0, 0.05) is 25.2 Å². The van der Waals surface area contributed by atoms with Crippen LogP contribution in [0.15, 0.2) is 65.3 Å². The van der Waals surface area contributed by atoms with Crippen molar-refractivity contribution in [1.82, 2.24) is 9.88 Å². The second kappa shape index (κ2) is 12.9. The van der Waals surface area contributed by atoms with Crippen LogP contribution in [0.1, 0.15) is 51.3 Å². The van der Waals surface area contributed by atoms with E-state index < -0.39 is 5.97 Å². The van der Waals surface area contributed by atoms with Crippen molar-refractivity contribution in [3.63, 3.8) is 0 Å². The summed E-state index contributed by atoms with van der Waals surface area (Å²) in [6.07, 6.45) is 6.79. The van der Waals surface area contributed by atoms with Crippen molar-refractivity contribution in [2.75, 3.05) is 26.0 Å². The second-order valence-electron chi connectivity index (χ2n) is 9.94. The Bertz CT molecular complexity index is 1530. The molecule has 2 aromatic heterocycles. The molecule has 2 heterocycles. The van der Waals surface area contributed by atoms with Crippen molar-refractivity contribution in [3.05, 3.63) is 94.6 Å². The van der Waals surface area contributed by atoms with E-state index in [4.69, 9.17) is 14.1 Å². The number of furan rings is 1. The summed E-state index contributed by atoms with van der Waals surface area (Å²) >= 11 is 0. The Hall–Kier alpha value is -4.72. The van der Waals surface area contributed by atoms with Crippen LogP contribution in [-0.2, 0) is 20.7 Å². The van der Waals surface area contributed by atoms with Crippen LogP contribution in [0.5, 0.6) is 0 Å². The number of hydrogen-bond acceptors (Lipinski definition) is 6. The average molecular weight is 540 g/mol. The summed E-state index contributed by atoms with van der Waals surface area (Å²) in [6, 6.07) is 17.1. The topological polar surface area (TPSA) is 102 Å². The van der Waals surface area contributed by atoms with Crippen LogP contribution >= 0.6 is 0 Å². The number of aryl methyl sites for hydroxylation is 2. The Balaban J connectivity index is 0.000000681. The van der Waals surface area contributed by atoms with Gasteiger partial charge in [-0.15, -0.1) is 0 Å². The monoisotopic (exact) mass is 539 g/mol. The molecule has 0 unspecified atom stereocenters. The summed E-state index contributed by atoms with van der Waals surface area (Å²) in [7, 11) is 3.38. The predicted octanol–water partition coefficient (Wildman–Crippen LogP) is 5.82. The molecule has 0 radical (unpaired) electrons. The van der Waals surface area contributed by atoms with Gasteiger partial charge in [-0.1, -0.05) is 24.3 Å². The molecule has 206 valence electrons. The van der Waals surface area contributed by atoms with E-state index in [2.05, 4.69) is 5.32 Å². The van der Waals surface area contributed by atoms with Crippen LogP contribution in [-0.4, -0.2) is 48.9 Å². The maximum absolute atomic E-state index is 13.4. The van der Waals surface area contributed by atoms with Gasteiger partial charge in [0.25, 0.3) is 5.91 Å². The van der Waals surface area contributed by atoms with Gasteiger partial charge in [0.05, 0.1) is 23.0 Å². The number of carbonyl (C=O) groups excluding carboxylic acids is 3. The maximum atomic E-state index is 13.4. The molecule has 1 aliphatic carbocycles. The van der Waals surface area contributed by atoms with Gasteiger partial charge >= 0.3 is 5.97 Å². The fourth-order valence-electron chi connectivity index (χ4n) is 4.70. The van der Waals surface area contributed by atoms with E-state index in [1.54, 1.807) is 20.4 Å². The number of para-hydroxylation sites is 1. The lowest BCUT2D eigenvalue weighted by molar-refractivity contribution is -0.119. The highest BCUT2D eigenvalue weighted by atomic mass is 16.5. The molecule has 0 aliphatic heterocycles. The molecule has 0 bridgehead atoms. The van der Waals surface area contributed by atoms with E-state index in [9.17, 15) is 14.4 Å². The summed E-state index contributed by atoms with van der Waals surface area (Å²) in [4.78, 5) is 41.7. The van der Waals surface area contributed by atoms with E-state index in [0.29, 0.717) is 23.2 Å². The zero-order valence-electron chi connectivity index (χ0n) is 23.2. The summed E-state index contributed by atoms with van der Waals surface area (Å²) < 4.78 is 11.0. The van der Waals surface area contributed by atoms with E-state index in [0.717, 1.165) is 58.4 Å². The fraction of sp³-hybridized carbons (Fsp3) is 0.250. The van der Waals surface area contributed by atoms with Crippen LogP contribution in [0.4, 0.5) is 5.69 Å². The lowest BCUT2D eigenvalue weighted by Gasteiger charge is -2.22. The number of aromatic nitrogens is 1. The van der Waals surface area contributed by atoms with Crippen molar-refractivity contribution in [3.8, 4) is 0 Å². The lowest BCUT2D eigenvalue weighted by Crippen LogP contribution is -2.22. The summed E-state index contributed by atoms with van der Waals surface area (Å²) in [5.41, 5.74) is 6.64. The van der Waals surface area contributed by atoms with Gasteiger partial charge in [0.15, 0.2) is 6.61 Å². The third-order valence-corrected chi connectivity index (χ3v) is 6.28. The number of esters is 1. The molecule has 0 saturated carbocycles. The molecule has 2 amide bonds. The van der Waals surface area contributed by atoms with E-state index in [1.165, 1.54) is 4.90 Å². The molecule has 1 N–H and O–H groups in total. The average Bonchev–Trinajstić information content (AvgIpc) is 3.43. The lowest BCUT2D eigenvalue weighted by atomic mass is 9.86. The Morgan fingerprint density at radius 1 is 1.05 bits per heavy atom. The van der Waals surface area contributed by atoms with E-state index in [1.807, 2.05) is 74.5 Å². The number of allylic oxidation sites excluding steroid dienone is 1. The molecule has 0 saturated heterocycles. The highest BCUT2D eigenvalue weighted by molar-refractivity contribution is 6.07. The smallest absolute Gasteiger partial charge is 0.339 e. The van der Waals surface area contributed by atoms with Crippen molar-refractivity contribution in [1.29, 1.82) is 0 Å². The van der Waals surface area contributed by atoms with Crippen LogP contribution < -0.4 is 5.32 Å². The van der Waals surface area contributed by atoms with Crippen molar-refractivity contribution < 1.29 is 23.5 Å². The van der Waals surface area contributed by atoms with Crippen LogP contribution in [0, 0.1) is 13.8 Å². The van der Waals surface area contributed by atoms with Crippen molar-refractivity contribution in [2.45, 2.75) is 33.1 Å². The fourth-order valence-corrected chi connectivity index (χ4v) is 4.70. The molecular weight excluding hydrogens is 506 g/mol. The highest BCUT2D eigenvalue weighted by Crippen LogP contribution is 2.36. The number of ether oxygens (including phenoxy) is 1. The summed E-state index contributed by atoms with van der Waals surface area (Å²) in [5, 5.41) is 3.54. The highest BCUT2D eigenvalue weighted by Gasteiger charge is 2.26. The molecule has 0 fully saturated rings. The third-order valence-electron chi connectivity index (χ3n) is 6.28. The first-order chi connectivity index (χ1) is 19.2. The minimum Gasteiger partial charge on any atom is -0.465 e. The van der Waals surface area contributed by atoms with Gasteiger partial charge in [0.2, 0.25) is 6.41 Å². The van der Waals surface area contributed by atoms with Crippen molar-refractivity contribution >= 4 is 46.5 Å².